The predicted molar refractivity (Wildman–Crippen MR) is 107 cm³/mol. The Morgan fingerprint density at radius 2 is 1.42 bits per heavy atom. The highest BCUT2D eigenvalue weighted by atomic mass is 35.5. The van der Waals surface area contributed by atoms with Crippen LogP contribution in [0.25, 0.3) is 0 Å². The Morgan fingerprint density at radius 1 is 0.885 bits per heavy atom. The lowest BCUT2D eigenvalue weighted by atomic mass is 9.55. The largest absolute Gasteiger partial charge is 0.481 e. The second-order valence-corrected chi connectivity index (χ2v) is 10.3. The summed E-state index contributed by atoms with van der Waals surface area (Å²) in [4.78, 5) is 11.7. The second-order valence-electron chi connectivity index (χ2n) is 8.92. The molecule has 0 aromatic heterocycles. The van der Waals surface area contributed by atoms with Crippen molar-refractivity contribution in [2.75, 3.05) is 0 Å². The van der Waals surface area contributed by atoms with E-state index in [1.54, 1.807) is 0 Å². The zero-order chi connectivity index (χ0) is 18.4. The molecule has 0 heterocycles. The molecule has 144 valence electrons. The highest BCUT2D eigenvalue weighted by Gasteiger charge is 2.58. The highest BCUT2D eigenvalue weighted by Crippen LogP contribution is 2.64. The van der Waals surface area contributed by atoms with Gasteiger partial charge in [0.1, 0.15) is 4.33 Å². The van der Waals surface area contributed by atoms with Crippen LogP contribution in [-0.2, 0) is 4.79 Å². The fourth-order valence-electron chi connectivity index (χ4n) is 6.41. The van der Waals surface area contributed by atoms with E-state index < -0.39 is 16.2 Å². The Bertz CT molecular complexity index is 604. The van der Waals surface area contributed by atoms with Gasteiger partial charge in [0.15, 0.2) is 0 Å². The van der Waals surface area contributed by atoms with Crippen LogP contribution in [0.15, 0.2) is 23.3 Å². The summed E-state index contributed by atoms with van der Waals surface area (Å²) in [5.41, 5.74) is 1.90. The molecule has 4 heteroatoms. The van der Waals surface area contributed by atoms with Gasteiger partial charge >= 0.3 is 5.97 Å². The molecule has 0 bridgehead atoms. The number of rotatable bonds is 3. The number of carboxylic acid groups (broad SMARTS) is 1. The molecule has 4 aliphatic rings. The van der Waals surface area contributed by atoms with Crippen LogP contribution in [-0.4, -0.2) is 15.4 Å². The summed E-state index contributed by atoms with van der Waals surface area (Å²) < 4.78 is -0.992. The third kappa shape index (κ3) is 2.96. The van der Waals surface area contributed by atoms with E-state index in [-0.39, 0.29) is 5.41 Å². The number of fused-ring (bicyclic) bond motifs is 1. The molecule has 0 saturated heterocycles. The molecule has 3 saturated carbocycles. The van der Waals surface area contributed by atoms with E-state index in [0.717, 1.165) is 12.0 Å². The number of aliphatic carboxylic acids is 1. The summed E-state index contributed by atoms with van der Waals surface area (Å²) in [7, 11) is 0. The molecular formula is C22H30Cl2O2. The molecule has 0 aromatic carbocycles. The van der Waals surface area contributed by atoms with Crippen LogP contribution >= 0.6 is 23.2 Å². The standard InChI is InChI=1S/C22H30Cl2O2/c23-22(24)14-19-15(11-12-18(19)20(25)26)13-21(22,16-7-3-1-4-8-16)17-9-5-2-6-10-17/h13-14,16-18H,1-12H2,(H,25,26). The van der Waals surface area contributed by atoms with Crippen LogP contribution in [0.2, 0.25) is 0 Å². The summed E-state index contributed by atoms with van der Waals surface area (Å²) in [6.45, 7) is 0. The molecule has 3 fully saturated rings. The molecule has 1 atom stereocenters. The smallest absolute Gasteiger partial charge is 0.310 e. The number of alkyl halides is 2. The lowest BCUT2D eigenvalue weighted by molar-refractivity contribution is -0.140. The van der Waals surface area contributed by atoms with E-state index in [1.807, 2.05) is 6.08 Å². The lowest BCUT2D eigenvalue weighted by Gasteiger charge is -2.54. The molecule has 1 unspecified atom stereocenters. The van der Waals surface area contributed by atoms with Gasteiger partial charge in [-0.3, -0.25) is 4.79 Å². The van der Waals surface area contributed by atoms with Gasteiger partial charge in [-0.2, -0.15) is 0 Å². The van der Waals surface area contributed by atoms with Crippen molar-refractivity contribution in [1.82, 2.24) is 0 Å². The topological polar surface area (TPSA) is 37.3 Å². The zero-order valence-electron chi connectivity index (χ0n) is 15.5. The molecule has 4 aliphatic carbocycles. The maximum Gasteiger partial charge on any atom is 0.310 e. The first kappa shape index (κ1) is 18.9. The van der Waals surface area contributed by atoms with Crippen LogP contribution < -0.4 is 0 Å². The summed E-state index contributed by atoms with van der Waals surface area (Å²) in [6.07, 6.45) is 18.4. The number of halogens is 2. The van der Waals surface area contributed by atoms with Crippen molar-refractivity contribution in [3.63, 3.8) is 0 Å². The van der Waals surface area contributed by atoms with Crippen LogP contribution in [0.1, 0.15) is 77.0 Å². The van der Waals surface area contributed by atoms with Crippen LogP contribution in [0.4, 0.5) is 0 Å². The van der Waals surface area contributed by atoms with Crippen LogP contribution in [0.3, 0.4) is 0 Å². The van der Waals surface area contributed by atoms with E-state index in [0.29, 0.717) is 18.3 Å². The van der Waals surface area contributed by atoms with Crippen molar-refractivity contribution >= 4 is 29.2 Å². The maximum atomic E-state index is 11.7. The molecule has 0 amide bonds. The van der Waals surface area contributed by atoms with E-state index in [1.165, 1.54) is 69.8 Å². The monoisotopic (exact) mass is 396 g/mol. The van der Waals surface area contributed by atoms with Crippen molar-refractivity contribution in [2.45, 2.75) is 81.4 Å². The van der Waals surface area contributed by atoms with Gasteiger partial charge in [-0.1, -0.05) is 67.8 Å². The van der Waals surface area contributed by atoms with Gasteiger partial charge < -0.3 is 5.11 Å². The summed E-state index contributed by atoms with van der Waals surface area (Å²) in [6, 6.07) is 0. The number of carboxylic acids is 1. The first-order valence-electron chi connectivity index (χ1n) is 10.5. The Morgan fingerprint density at radius 3 is 1.92 bits per heavy atom. The van der Waals surface area contributed by atoms with E-state index >= 15 is 0 Å². The first-order chi connectivity index (χ1) is 12.5. The normalized spacial score (nSPS) is 31.8. The first-order valence-corrected chi connectivity index (χ1v) is 11.3. The van der Waals surface area contributed by atoms with Gasteiger partial charge in [-0.05, 0) is 67.6 Å². The minimum Gasteiger partial charge on any atom is -0.481 e. The van der Waals surface area contributed by atoms with Gasteiger partial charge in [-0.25, -0.2) is 0 Å². The molecular weight excluding hydrogens is 367 g/mol. The minimum atomic E-state index is -0.992. The summed E-state index contributed by atoms with van der Waals surface area (Å²) in [5, 5.41) is 9.60. The maximum absolute atomic E-state index is 11.7. The number of hydrogen-bond acceptors (Lipinski definition) is 1. The fraction of sp³-hybridized carbons (Fsp3) is 0.773. The second kappa shape index (κ2) is 7.17. The van der Waals surface area contributed by atoms with Crippen molar-refractivity contribution in [1.29, 1.82) is 0 Å². The Hall–Kier alpha value is -0.470. The summed E-state index contributed by atoms with van der Waals surface area (Å²) >= 11 is 14.3. The van der Waals surface area contributed by atoms with E-state index in [9.17, 15) is 9.90 Å². The fourth-order valence-corrected chi connectivity index (χ4v) is 7.37. The van der Waals surface area contributed by atoms with Gasteiger partial charge in [0.05, 0.1) is 5.92 Å². The van der Waals surface area contributed by atoms with Crippen molar-refractivity contribution in [3.8, 4) is 0 Å². The van der Waals surface area contributed by atoms with Gasteiger partial charge in [0.25, 0.3) is 0 Å². The number of hydrogen-bond donors (Lipinski definition) is 1. The Kier molecular flexibility index (Phi) is 5.20. The molecule has 4 rings (SSSR count). The molecule has 0 aliphatic heterocycles. The van der Waals surface area contributed by atoms with E-state index in [2.05, 4.69) is 6.08 Å². The average Bonchev–Trinajstić information content (AvgIpc) is 3.03. The molecule has 26 heavy (non-hydrogen) atoms. The summed E-state index contributed by atoms with van der Waals surface area (Å²) in [5.74, 6) is -0.146. The SMILES string of the molecule is O=C(O)C1CCC2=CC(C3CCCCC3)(C3CCCCC3)C(Cl)(Cl)C=C21. The quantitative estimate of drug-likeness (QED) is 0.540. The Labute approximate surface area is 167 Å². The average molecular weight is 397 g/mol. The van der Waals surface area contributed by atoms with Gasteiger partial charge in [-0.15, -0.1) is 0 Å². The van der Waals surface area contributed by atoms with Crippen LogP contribution in [0.5, 0.6) is 0 Å². The van der Waals surface area contributed by atoms with Crippen LogP contribution in [0, 0.1) is 23.2 Å². The third-order valence-electron chi connectivity index (χ3n) is 7.64. The van der Waals surface area contributed by atoms with Gasteiger partial charge in [0.2, 0.25) is 0 Å². The van der Waals surface area contributed by atoms with Crippen molar-refractivity contribution in [2.24, 2.45) is 23.2 Å². The van der Waals surface area contributed by atoms with Gasteiger partial charge in [0, 0.05) is 5.41 Å². The van der Waals surface area contributed by atoms with E-state index in [4.69, 9.17) is 23.2 Å². The molecule has 0 spiro atoms. The third-order valence-corrected chi connectivity index (χ3v) is 8.51. The predicted octanol–water partition coefficient (Wildman–Crippen LogP) is 6.67. The van der Waals surface area contributed by atoms with Crippen molar-refractivity contribution in [3.05, 3.63) is 23.3 Å². The highest BCUT2D eigenvalue weighted by molar-refractivity contribution is 6.50. The zero-order valence-corrected chi connectivity index (χ0v) is 17.0. The molecule has 2 nitrogen and oxygen atoms in total. The Balaban J connectivity index is 1.79. The number of carbonyl (C=O) groups is 1. The van der Waals surface area contributed by atoms with Crippen molar-refractivity contribution < 1.29 is 9.90 Å². The minimum absolute atomic E-state index is 0.219. The number of allylic oxidation sites excluding steroid dienone is 3. The lowest BCUT2D eigenvalue weighted by Crippen LogP contribution is -2.51. The molecule has 0 radical (unpaired) electrons. The molecule has 0 aromatic rings. The molecule has 1 N–H and O–H groups in total.